The van der Waals surface area contributed by atoms with Gasteiger partial charge in [0, 0.05) is 25.2 Å². The Hall–Kier alpha value is -4.97. The van der Waals surface area contributed by atoms with E-state index in [1.54, 1.807) is 18.2 Å². The van der Waals surface area contributed by atoms with Crippen molar-refractivity contribution in [3.8, 4) is 5.75 Å². The number of hydrogen-bond donors (Lipinski definition) is 5. The Balaban J connectivity index is 1.51. The van der Waals surface area contributed by atoms with E-state index in [1.165, 1.54) is 60.6 Å². The number of carbonyl (C=O) groups excluding carboxylic acids is 5. The summed E-state index contributed by atoms with van der Waals surface area (Å²) in [5.41, 5.74) is -10.1. The minimum Gasteiger partial charge on any atom is -0.508 e. The number of alkyl halides is 2. The van der Waals surface area contributed by atoms with Crippen LogP contribution in [0.2, 0.25) is 0 Å². The Morgan fingerprint density at radius 3 is 2.13 bits per heavy atom. The van der Waals surface area contributed by atoms with Crippen molar-refractivity contribution in [1.82, 2.24) is 5.32 Å². The van der Waals surface area contributed by atoms with E-state index in [9.17, 15) is 44.4 Å². The van der Waals surface area contributed by atoms with Crippen LogP contribution < -0.4 is 5.32 Å². The summed E-state index contributed by atoms with van der Waals surface area (Å²) < 4.78 is 62.0. The number of halogens is 2. The van der Waals surface area contributed by atoms with Crippen molar-refractivity contribution in [2.24, 2.45) is 16.7 Å². The molecule has 1 aliphatic heterocycles. The first kappa shape index (κ1) is 44.6. The number of hydrogen-bond acceptors (Lipinski definition) is 14. The molecule has 2 aromatic carbocycles. The third kappa shape index (κ3) is 7.22. The Labute approximate surface area is 345 Å². The molecule has 5 N–H and O–H groups in total. The molecule has 0 radical (unpaired) electrons. The highest BCUT2D eigenvalue weighted by Crippen LogP contribution is 2.64. The molecule has 1 amide bonds. The second-order valence-corrected chi connectivity index (χ2v) is 17.9. The number of phenolic OH excluding ortho intramolecular Hbond substituents is 1. The van der Waals surface area contributed by atoms with Crippen LogP contribution >= 0.6 is 0 Å². The summed E-state index contributed by atoms with van der Waals surface area (Å²) in [6, 6.07) is 9.35. The number of carbonyl (C=O) groups is 5. The monoisotopic (exact) mass is 843 g/mol. The van der Waals surface area contributed by atoms with Gasteiger partial charge in [0.1, 0.15) is 47.4 Å². The summed E-state index contributed by atoms with van der Waals surface area (Å²) >= 11 is 0. The first-order valence-electron chi connectivity index (χ1n) is 19.5. The average Bonchev–Trinajstić information content (AvgIpc) is 3.15. The molecule has 1 heterocycles. The maximum absolute atomic E-state index is 16.6. The van der Waals surface area contributed by atoms with E-state index in [1.807, 2.05) is 5.32 Å². The van der Waals surface area contributed by atoms with Gasteiger partial charge in [0.15, 0.2) is 11.4 Å². The third-order valence-electron chi connectivity index (χ3n) is 12.7. The zero-order valence-electron chi connectivity index (χ0n) is 34.5. The summed E-state index contributed by atoms with van der Waals surface area (Å²) in [6.07, 6.45) is -11.0. The van der Waals surface area contributed by atoms with Gasteiger partial charge in [-0.3, -0.25) is 9.59 Å². The van der Waals surface area contributed by atoms with Crippen molar-refractivity contribution < 1.29 is 76.9 Å². The van der Waals surface area contributed by atoms with Crippen molar-refractivity contribution >= 4 is 29.8 Å². The highest BCUT2D eigenvalue weighted by atomic mass is 19.3. The lowest BCUT2D eigenvalue weighted by Crippen LogP contribution is -2.81. The van der Waals surface area contributed by atoms with E-state index in [4.69, 9.17) is 23.7 Å². The molecule has 3 fully saturated rings. The topological polar surface area (TPSA) is 224 Å². The zero-order chi connectivity index (χ0) is 44.5. The Morgan fingerprint density at radius 2 is 1.58 bits per heavy atom. The standard InChI is InChI=1S/C43H51F2NO14/c1-21-26(57-36(53)43(44,45)32(23-14-16-25(48)17-15-23)46-37(54)60-38(3,4)5)19-42(55)34(58-35(52)24-12-10-9-11-13-24)31-40(8,33(51)30(50)29(21)39(42,6)7)27(49)18-28-41(31,20-56-28)59-22(2)47/h9-17,26-28,30-32,34,48-50,55H,18-20H2,1-8H3,(H,46,54)/t26-,27-,28+,30+,31-,32?,34-,40+,41-,42+/m0/s1. The van der Waals surface area contributed by atoms with Crippen LogP contribution in [0.4, 0.5) is 13.6 Å². The van der Waals surface area contributed by atoms with Crippen LogP contribution in [0.1, 0.15) is 90.2 Å². The van der Waals surface area contributed by atoms with Gasteiger partial charge in [0.05, 0.1) is 29.6 Å². The molecule has 3 aliphatic carbocycles. The number of rotatable bonds is 8. The number of benzene rings is 2. The predicted octanol–water partition coefficient (Wildman–Crippen LogP) is 4.24. The van der Waals surface area contributed by atoms with Gasteiger partial charge >= 0.3 is 29.9 Å². The molecule has 2 aromatic rings. The van der Waals surface area contributed by atoms with E-state index in [0.717, 1.165) is 31.2 Å². The maximum Gasteiger partial charge on any atom is 0.408 e. The van der Waals surface area contributed by atoms with Gasteiger partial charge in [0.25, 0.3) is 0 Å². The van der Waals surface area contributed by atoms with E-state index in [-0.39, 0.29) is 41.1 Å². The van der Waals surface area contributed by atoms with E-state index in [0.29, 0.717) is 0 Å². The number of phenols is 1. The first-order valence-corrected chi connectivity index (χ1v) is 19.5. The van der Waals surface area contributed by atoms with Crippen LogP contribution in [-0.2, 0) is 38.1 Å². The van der Waals surface area contributed by atoms with E-state index in [2.05, 4.69) is 0 Å². The number of Topliss-reactive ketones (excluding diaryl/α,β-unsaturated/α-hetero) is 1. The molecule has 1 saturated heterocycles. The number of aliphatic hydroxyl groups is 3. The Bertz CT molecular complexity index is 2080. The fourth-order valence-corrected chi connectivity index (χ4v) is 9.58. The fraction of sp³-hybridized carbons (Fsp3) is 0.558. The quantitative estimate of drug-likeness (QED) is 0.143. The molecule has 60 heavy (non-hydrogen) atoms. The van der Waals surface area contributed by atoms with Gasteiger partial charge in [-0.05, 0) is 75.6 Å². The van der Waals surface area contributed by atoms with Crippen molar-refractivity contribution in [1.29, 1.82) is 0 Å². The second kappa shape index (κ2) is 15.2. The number of aromatic hydroxyl groups is 1. The number of alkyl carbamates (subject to hydrolysis) is 1. The lowest BCUT2D eigenvalue weighted by atomic mass is 9.44. The molecule has 0 aromatic heterocycles. The normalized spacial score (nSPS) is 32.7. The molecule has 4 aliphatic rings. The van der Waals surface area contributed by atoms with E-state index >= 15 is 8.78 Å². The smallest absolute Gasteiger partial charge is 0.408 e. The molecule has 1 unspecified atom stereocenters. The highest BCUT2D eigenvalue weighted by Gasteiger charge is 2.78. The van der Waals surface area contributed by atoms with Crippen molar-refractivity contribution in [2.75, 3.05) is 6.61 Å². The molecular weight excluding hydrogens is 792 g/mol. The average molecular weight is 844 g/mol. The number of nitrogens with one attached hydrogen (secondary N) is 1. The van der Waals surface area contributed by atoms with E-state index < -0.39 is 112 Å². The van der Waals surface area contributed by atoms with Crippen molar-refractivity contribution in [2.45, 2.75) is 128 Å². The molecule has 17 heteroatoms. The van der Waals surface area contributed by atoms with Crippen LogP contribution in [0.3, 0.4) is 0 Å². The van der Waals surface area contributed by atoms with Gasteiger partial charge in [-0.1, -0.05) is 44.2 Å². The van der Waals surface area contributed by atoms with Crippen molar-refractivity contribution in [3.63, 3.8) is 0 Å². The van der Waals surface area contributed by atoms with Crippen LogP contribution in [0.25, 0.3) is 0 Å². The fourth-order valence-electron chi connectivity index (χ4n) is 9.58. The summed E-state index contributed by atoms with van der Waals surface area (Å²) in [5, 5.41) is 49.2. The summed E-state index contributed by atoms with van der Waals surface area (Å²) in [5.74, 6) is -11.6. The summed E-state index contributed by atoms with van der Waals surface area (Å²) in [4.78, 5) is 68.6. The number of fused-ring (bicyclic) bond motifs is 5. The van der Waals surface area contributed by atoms with Gasteiger partial charge < -0.3 is 49.4 Å². The van der Waals surface area contributed by atoms with Gasteiger partial charge in [-0.25, -0.2) is 14.4 Å². The SMILES string of the molecule is CC(=O)O[C@@]12CO[C@@H]1C[C@H](O)[C@@]1(C)C(=O)[C@H](O)C3=C(C)[C@@H](OC(=O)C(F)(F)C(NC(=O)OC(C)(C)C)c4ccc(O)cc4)C[C@@](O)([C@@H](OC(=O)c4ccccc4)[C@H]21)C3(C)C. The summed E-state index contributed by atoms with van der Waals surface area (Å²) in [6.45, 7) is 10.7. The number of amides is 1. The van der Waals surface area contributed by atoms with Gasteiger partial charge in [0.2, 0.25) is 0 Å². The molecule has 326 valence electrons. The lowest BCUT2D eigenvalue weighted by Gasteiger charge is -2.67. The first-order chi connectivity index (χ1) is 27.7. The van der Waals surface area contributed by atoms with Crippen LogP contribution in [0.5, 0.6) is 5.75 Å². The second-order valence-electron chi connectivity index (χ2n) is 17.9. The number of ketones is 1. The lowest BCUT2D eigenvalue weighted by molar-refractivity contribution is -0.346. The molecule has 15 nitrogen and oxygen atoms in total. The number of aliphatic hydroxyl groups excluding tert-OH is 2. The molecule has 2 saturated carbocycles. The zero-order valence-corrected chi connectivity index (χ0v) is 34.5. The van der Waals surface area contributed by atoms with Crippen molar-refractivity contribution in [3.05, 3.63) is 76.9 Å². The Morgan fingerprint density at radius 1 is 0.967 bits per heavy atom. The molecule has 0 spiro atoms. The Kier molecular flexibility index (Phi) is 11.3. The minimum absolute atomic E-state index is 0.00327. The molecule has 6 rings (SSSR count). The highest BCUT2D eigenvalue weighted by molar-refractivity contribution is 5.94. The third-order valence-corrected chi connectivity index (χ3v) is 12.7. The van der Waals surface area contributed by atoms with Gasteiger partial charge in [-0.2, -0.15) is 8.78 Å². The summed E-state index contributed by atoms with van der Waals surface area (Å²) in [7, 11) is 0. The van der Waals surface area contributed by atoms with Crippen LogP contribution in [0.15, 0.2) is 65.7 Å². The van der Waals surface area contributed by atoms with Gasteiger partial charge in [-0.15, -0.1) is 0 Å². The largest absolute Gasteiger partial charge is 0.508 e. The molecule has 2 bridgehead atoms. The molecular formula is C43H51F2NO14. The minimum atomic E-state index is -4.59. The van der Waals surface area contributed by atoms with Crippen LogP contribution in [-0.4, -0.2) is 110 Å². The maximum atomic E-state index is 16.6. The number of ether oxygens (including phenoxy) is 5. The predicted molar refractivity (Wildman–Crippen MR) is 204 cm³/mol. The molecule has 10 atom stereocenters. The number of esters is 3. The van der Waals surface area contributed by atoms with Crippen LogP contribution in [0, 0.1) is 16.7 Å².